The lowest BCUT2D eigenvalue weighted by Gasteiger charge is -2.04. The maximum atomic E-state index is 11.0. The van der Waals surface area contributed by atoms with Gasteiger partial charge in [0.05, 0.1) is 6.33 Å². The maximum Gasteiger partial charge on any atom is 0.221 e. The van der Waals surface area contributed by atoms with Gasteiger partial charge in [-0.1, -0.05) is 0 Å². The second kappa shape index (κ2) is 5.31. The Hall–Kier alpha value is -1.36. The van der Waals surface area contributed by atoms with Crippen molar-refractivity contribution in [3.8, 4) is 0 Å². The zero-order valence-corrected chi connectivity index (χ0v) is 7.44. The van der Waals surface area contributed by atoms with Gasteiger partial charge in [0.25, 0.3) is 0 Å². The van der Waals surface area contributed by atoms with Crippen molar-refractivity contribution in [3.63, 3.8) is 0 Å². The van der Waals surface area contributed by atoms with E-state index in [2.05, 4.69) is 10.3 Å². The average Bonchev–Trinajstić information content (AvgIpc) is 2.57. The quantitative estimate of drug-likeness (QED) is 0.635. The molecule has 0 aromatic carbocycles. The van der Waals surface area contributed by atoms with Crippen molar-refractivity contribution in [1.82, 2.24) is 14.9 Å². The summed E-state index contributed by atoms with van der Waals surface area (Å²) in [5, 5.41) is 2.75. The Bertz CT molecular complexity index is 245. The van der Waals surface area contributed by atoms with Gasteiger partial charge in [-0.3, -0.25) is 4.79 Å². The van der Waals surface area contributed by atoms with Crippen LogP contribution in [0.5, 0.6) is 0 Å². The van der Waals surface area contributed by atoms with E-state index in [1.807, 2.05) is 10.8 Å². The van der Waals surface area contributed by atoms with Crippen LogP contribution in [0.15, 0.2) is 18.7 Å². The molecule has 5 nitrogen and oxygen atoms in total. The number of nitrogens with one attached hydrogen (secondary N) is 1. The van der Waals surface area contributed by atoms with Gasteiger partial charge in [-0.05, 0) is 0 Å². The van der Waals surface area contributed by atoms with Gasteiger partial charge in [0.1, 0.15) is 0 Å². The van der Waals surface area contributed by atoms with Crippen molar-refractivity contribution < 1.29 is 4.79 Å². The highest BCUT2D eigenvalue weighted by atomic mass is 16.1. The Labute approximate surface area is 76.9 Å². The van der Waals surface area contributed by atoms with Gasteiger partial charge < -0.3 is 15.6 Å². The summed E-state index contributed by atoms with van der Waals surface area (Å²) in [6.45, 7) is 1.77. The molecule has 0 bridgehead atoms. The van der Waals surface area contributed by atoms with E-state index in [1.54, 1.807) is 12.5 Å². The summed E-state index contributed by atoms with van der Waals surface area (Å²) in [6.07, 6.45) is 5.68. The topological polar surface area (TPSA) is 72.9 Å². The molecule has 0 aliphatic carbocycles. The number of aromatic nitrogens is 2. The van der Waals surface area contributed by atoms with E-state index in [1.165, 1.54) is 0 Å². The molecule has 72 valence electrons. The summed E-state index contributed by atoms with van der Waals surface area (Å²) in [7, 11) is 0. The summed E-state index contributed by atoms with van der Waals surface area (Å²) in [5.41, 5.74) is 5.22. The second-order valence-electron chi connectivity index (χ2n) is 2.69. The molecule has 1 heterocycles. The Kier molecular flexibility index (Phi) is 3.98. The molecule has 0 atom stereocenters. The molecule has 1 amide bonds. The van der Waals surface area contributed by atoms with Gasteiger partial charge in [-0.25, -0.2) is 4.98 Å². The zero-order valence-electron chi connectivity index (χ0n) is 7.44. The lowest BCUT2D eigenvalue weighted by Crippen LogP contribution is -2.28. The first kappa shape index (κ1) is 9.73. The Morgan fingerprint density at radius 3 is 3.08 bits per heavy atom. The van der Waals surface area contributed by atoms with Gasteiger partial charge >= 0.3 is 0 Å². The molecule has 1 rings (SSSR count). The van der Waals surface area contributed by atoms with E-state index >= 15 is 0 Å². The van der Waals surface area contributed by atoms with Crippen LogP contribution in [-0.2, 0) is 11.3 Å². The van der Waals surface area contributed by atoms with Gasteiger partial charge in [-0.15, -0.1) is 0 Å². The summed E-state index contributed by atoms with van der Waals surface area (Å²) in [5.74, 6) is 0.00242. The molecular formula is C8H14N4O. The zero-order chi connectivity index (χ0) is 9.52. The highest BCUT2D eigenvalue weighted by Gasteiger charge is 1.97. The van der Waals surface area contributed by atoms with Crippen LogP contribution >= 0.6 is 0 Å². The number of nitrogens with two attached hydrogens (primary N) is 1. The third-order valence-corrected chi connectivity index (χ3v) is 1.62. The number of amides is 1. The molecule has 0 aliphatic heterocycles. The number of carbonyl (C=O) groups excluding carboxylic acids is 1. The van der Waals surface area contributed by atoms with E-state index in [-0.39, 0.29) is 5.91 Å². The molecule has 0 unspecified atom stereocenters. The number of hydrogen-bond donors (Lipinski definition) is 2. The lowest BCUT2D eigenvalue weighted by atomic mass is 10.4. The highest BCUT2D eigenvalue weighted by Crippen LogP contribution is 1.84. The van der Waals surface area contributed by atoms with Crippen LogP contribution in [0.3, 0.4) is 0 Å². The standard InChI is InChI=1S/C8H14N4O/c9-2-1-8(13)11-4-6-12-5-3-10-7-12/h3,5,7H,1-2,4,6,9H2,(H,11,13). The largest absolute Gasteiger partial charge is 0.354 e. The van der Waals surface area contributed by atoms with Crippen LogP contribution < -0.4 is 11.1 Å². The predicted molar refractivity (Wildman–Crippen MR) is 48.9 cm³/mol. The van der Waals surface area contributed by atoms with Crippen molar-refractivity contribution in [2.45, 2.75) is 13.0 Å². The minimum Gasteiger partial charge on any atom is -0.354 e. The smallest absolute Gasteiger partial charge is 0.221 e. The van der Waals surface area contributed by atoms with E-state index < -0.39 is 0 Å². The molecule has 0 aliphatic rings. The molecule has 0 spiro atoms. The molecule has 3 N–H and O–H groups in total. The maximum absolute atomic E-state index is 11.0. The molecule has 0 saturated carbocycles. The van der Waals surface area contributed by atoms with Crippen molar-refractivity contribution in [3.05, 3.63) is 18.7 Å². The second-order valence-corrected chi connectivity index (χ2v) is 2.69. The van der Waals surface area contributed by atoms with Crippen molar-refractivity contribution in [2.24, 2.45) is 5.73 Å². The van der Waals surface area contributed by atoms with Crippen molar-refractivity contribution in [1.29, 1.82) is 0 Å². The summed E-state index contributed by atoms with van der Waals surface area (Å²) in [4.78, 5) is 14.8. The van der Waals surface area contributed by atoms with Crippen molar-refractivity contribution in [2.75, 3.05) is 13.1 Å². The Morgan fingerprint density at radius 2 is 2.46 bits per heavy atom. The normalized spacial score (nSPS) is 9.92. The number of rotatable bonds is 5. The summed E-state index contributed by atoms with van der Waals surface area (Å²) >= 11 is 0. The lowest BCUT2D eigenvalue weighted by molar-refractivity contribution is -0.120. The molecule has 1 aromatic heterocycles. The fraction of sp³-hybridized carbons (Fsp3) is 0.500. The minimum atomic E-state index is 0.00242. The average molecular weight is 182 g/mol. The van der Waals surface area contributed by atoms with Crippen LogP contribution in [-0.4, -0.2) is 28.5 Å². The first-order chi connectivity index (χ1) is 6.33. The highest BCUT2D eigenvalue weighted by molar-refractivity contribution is 5.75. The first-order valence-electron chi connectivity index (χ1n) is 4.25. The molecule has 1 aromatic rings. The molecule has 13 heavy (non-hydrogen) atoms. The van der Waals surface area contributed by atoms with E-state index in [0.29, 0.717) is 19.5 Å². The van der Waals surface area contributed by atoms with E-state index in [0.717, 1.165) is 6.54 Å². The van der Waals surface area contributed by atoms with Crippen LogP contribution in [0, 0.1) is 0 Å². The van der Waals surface area contributed by atoms with Gasteiger partial charge in [-0.2, -0.15) is 0 Å². The van der Waals surface area contributed by atoms with Crippen molar-refractivity contribution >= 4 is 5.91 Å². The fourth-order valence-electron chi connectivity index (χ4n) is 0.963. The fourth-order valence-corrected chi connectivity index (χ4v) is 0.963. The van der Waals surface area contributed by atoms with Crippen LogP contribution in [0.2, 0.25) is 0 Å². The Balaban J connectivity index is 2.11. The number of carbonyl (C=O) groups is 1. The minimum absolute atomic E-state index is 0.00242. The Morgan fingerprint density at radius 1 is 1.62 bits per heavy atom. The molecule has 0 fully saturated rings. The predicted octanol–water partition coefficient (Wildman–Crippen LogP) is -0.652. The first-order valence-corrected chi connectivity index (χ1v) is 4.25. The number of nitrogens with zero attached hydrogens (tertiary/aromatic N) is 2. The van der Waals surface area contributed by atoms with Gasteiger partial charge in [0.2, 0.25) is 5.91 Å². The molecule has 5 heteroatoms. The van der Waals surface area contributed by atoms with Crippen LogP contribution in [0.4, 0.5) is 0 Å². The SMILES string of the molecule is NCCC(=O)NCCn1ccnc1. The van der Waals surface area contributed by atoms with Gasteiger partial charge in [0.15, 0.2) is 0 Å². The monoisotopic (exact) mass is 182 g/mol. The third-order valence-electron chi connectivity index (χ3n) is 1.62. The van der Waals surface area contributed by atoms with Crippen LogP contribution in [0.1, 0.15) is 6.42 Å². The molecular weight excluding hydrogens is 168 g/mol. The number of hydrogen-bond acceptors (Lipinski definition) is 3. The van der Waals surface area contributed by atoms with E-state index in [9.17, 15) is 4.79 Å². The molecule has 0 saturated heterocycles. The van der Waals surface area contributed by atoms with Gasteiger partial charge in [0, 0.05) is 38.4 Å². The van der Waals surface area contributed by atoms with E-state index in [4.69, 9.17) is 5.73 Å². The number of imidazole rings is 1. The third kappa shape index (κ3) is 3.71. The summed E-state index contributed by atoms with van der Waals surface area (Å²) < 4.78 is 1.91. The molecule has 0 radical (unpaired) electrons. The van der Waals surface area contributed by atoms with Crippen LogP contribution in [0.25, 0.3) is 0 Å². The summed E-state index contributed by atoms with van der Waals surface area (Å²) in [6, 6.07) is 0.